The third-order valence-corrected chi connectivity index (χ3v) is 3.13. The van der Waals surface area contributed by atoms with E-state index in [2.05, 4.69) is 22.0 Å². The van der Waals surface area contributed by atoms with Crippen LogP contribution in [0.15, 0.2) is 24.5 Å². The number of rotatable bonds is 4. The highest BCUT2D eigenvalue weighted by atomic mass is 15.2. The lowest BCUT2D eigenvalue weighted by Crippen LogP contribution is -2.30. The van der Waals surface area contributed by atoms with E-state index < -0.39 is 0 Å². The number of likely N-dealkylation sites (tertiary alicyclic amines) is 1. The number of nitrogens with two attached hydrogens (primary N) is 1. The van der Waals surface area contributed by atoms with Crippen molar-refractivity contribution in [3.05, 3.63) is 30.1 Å². The second-order valence-electron chi connectivity index (χ2n) is 4.20. The van der Waals surface area contributed by atoms with E-state index in [1.54, 1.807) is 0 Å². The summed E-state index contributed by atoms with van der Waals surface area (Å²) in [6.07, 6.45) is 7.48. The van der Waals surface area contributed by atoms with Crippen molar-refractivity contribution in [2.45, 2.75) is 31.8 Å². The zero-order chi connectivity index (χ0) is 10.5. The molecule has 0 bridgehead atoms. The lowest BCUT2D eigenvalue weighted by atomic mass is 10.1. The summed E-state index contributed by atoms with van der Waals surface area (Å²) in [4.78, 5) is 6.58. The van der Waals surface area contributed by atoms with Crippen LogP contribution in [0.1, 0.15) is 24.8 Å². The van der Waals surface area contributed by atoms with Gasteiger partial charge in [-0.3, -0.25) is 9.88 Å². The molecule has 15 heavy (non-hydrogen) atoms. The summed E-state index contributed by atoms with van der Waals surface area (Å²) in [6, 6.07) is 4.89. The fourth-order valence-corrected chi connectivity index (χ4v) is 2.35. The Morgan fingerprint density at radius 1 is 1.40 bits per heavy atom. The van der Waals surface area contributed by atoms with Crippen molar-refractivity contribution in [3.8, 4) is 0 Å². The number of aromatic nitrogens is 1. The summed E-state index contributed by atoms with van der Waals surface area (Å²) < 4.78 is 0. The quantitative estimate of drug-likeness (QED) is 0.807. The third kappa shape index (κ3) is 2.76. The maximum Gasteiger partial charge on any atom is 0.0271 e. The van der Waals surface area contributed by atoms with Crippen LogP contribution in [0.25, 0.3) is 0 Å². The van der Waals surface area contributed by atoms with Gasteiger partial charge >= 0.3 is 0 Å². The van der Waals surface area contributed by atoms with Crippen LogP contribution in [-0.4, -0.2) is 29.0 Å². The van der Waals surface area contributed by atoms with E-state index in [0.29, 0.717) is 6.04 Å². The first-order chi connectivity index (χ1) is 7.40. The Bertz CT molecular complexity index is 286. The van der Waals surface area contributed by atoms with Crippen molar-refractivity contribution >= 4 is 0 Å². The highest BCUT2D eigenvalue weighted by Gasteiger charge is 2.23. The van der Waals surface area contributed by atoms with Crippen molar-refractivity contribution in [3.63, 3.8) is 0 Å². The van der Waals surface area contributed by atoms with Gasteiger partial charge in [0.05, 0.1) is 0 Å². The second-order valence-corrected chi connectivity index (χ2v) is 4.20. The fourth-order valence-electron chi connectivity index (χ4n) is 2.35. The van der Waals surface area contributed by atoms with Crippen LogP contribution >= 0.6 is 0 Å². The molecule has 1 aromatic heterocycles. The topological polar surface area (TPSA) is 42.1 Å². The maximum absolute atomic E-state index is 5.63. The first-order valence-corrected chi connectivity index (χ1v) is 5.73. The maximum atomic E-state index is 5.63. The minimum Gasteiger partial charge on any atom is -0.330 e. The van der Waals surface area contributed by atoms with Crippen LogP contribution in [-0.2, 0) is 6.54 Å². The molecule has 0 amide bonds. The molecule has 0 saturated carbocycles. The van der Waals surface area contributed by atoms with Crippen LogP contribution in [0.5, 0.6) is 0 Å². The van der Waals surface area contributed by atoms with Crippen LogP contribution in [0.4, 0.5) is 0 Å². The minimum absolute atomic E-state index is 0.697. The Morgan fingerprint density at radius 3 is 2.93 bits per heavy atom. The van der Waals surface area contributed by atoms with Crippen LogP contribution in [0.3, 0.4) is 0 Å². The number of pyridine rings is 1. The summed E-state index contributed by atoms with van der Waals surface area (Å²) in [7, 11) is 0. The lowest BCUT2D eigenvalue weighted by molar-refractivity contribution is 0.237. The monoisotopic (exact) mass is 205 g/mol. The van der Waals surface area contributed by atoms with Gasteiger partial charge in [0, 0.05) is 25.0 Å². The van der Waals surface area contributed by atoms with Gasteiger partial charge in [0.25, 0.3) is 0 Å². The van der Waals surface area contributed by atoms with Crippen molar-refractivity contribution in [1.82, 2.24) is 9.88 Å². The molecular weight excluding hydrogens is 186 g/mol. The summed E-state index contributed by atoms with van der Waals surface area (Å²) in [5.74, 6) is 0. The Hall–Kier alpha value is -0.930. The molecule has 2 heterocycles. The molecule has 0 spiro atoms. The molecule has 1 unspecified atom stereocenters. The first-order valence-electron chi connectivity index (χ1n) is 5.73. The van der Waals surface area contributed by atoms with Crippen LogP contribution < -0.4 is 5.73 Å². The highest BCUT2D eigenvalue weighted by molar-refractivity contribution is 5.09. The Balaban J connectivity index is 1.93. The summed E-state index contributed by atoms with van der Waals surface area (Å²) in [6.45, 7) is 3.07. The first kappa shape index (κ1) is 10.6. The number of hydrogen-bond donors (Lipinski definition) is 1. The average molecular weight is 205 g/mol. The minimum atomic E-state index is 0.697. The van der Waals surface area contributed by atoms with Gasteiger partial charge in [-0.15, -0.1) is 0 Å². The van der Waals surface area contributed by atoms with E-state index in [1.807, 2.05) is 12.4 Å². The Labute approximate surface area is 91.3 Å². The van der Waals surface area contributed by atoms with E-state index >= 15 is 0 Å². The molecule has 1 fully saturated rings. The van der Waals surface area contributed by atoms with Crippen molar-refractivity contribution in [2.75, 3.05) is 13.1 Å². The van der Waals surface area contributed by atoms with Crippen molar-refractivity contribution < 1.29 is 0 Å². The molecule has 1 saturated heterocycles. The highest BCUT2D eigenvalue weighted by Crippen LogP contribution is 2.21. The molecule has 1 atom stereocenters. The smallest absolute Gasteiger partial charge is 0.0271 e. The third-order valence-electron chi connectivity index (χ3n) is 3.13. The van der Waals surface area contributed by atoms with Gasteiger partial charge < -0.3 is 5.73 Å². The van der Waals surface area contributed by atoms with Gasteiger partial charge in [0.1, 0.15) is 0 Å². The summed E-state index contributed by atoms with van der Waals surface area (Å²) in [5.41, 5.74) is 6.98. The molecule has 3 heteroatoms. The van der Waals surface area contributed by atoms with E-state index in [0.717, 1.165) is 19.5 Å². The normalized spacial score (nSPS) is 22.1. The van der Waals surface area contributed by atoms with Crippen molar-refractivity contribution in [1.29, 1.82) is 0 Å². The van der Waals surface area contributed by atoms with Crippen LogP contribution in [0.2, 0.25) is 0 Å². The summed E-state index contributed by atoms with van der Waals surface area (Å²) >= 11 is 0. The van der Waals surface area contributed by atoms with Gasteiger partial charge in [0.15, 0.2) is 0 Å². The predicted octanol–water partition coefficient (Wildman–Crippen LogP) is 1.39. The molecule has 0 aliphatic carbocycles. The Kier molecular flexibility index (Phi) is 3.69. The SMILES string of the molecule is NCCC1CCCN1Cc1ccncc1. The number of hydrogen-bond acceptors (Lipinski definition) is 3. The molecule has 1 aliphatic heterocycles. The second kappa shape index (κ2) is 5.24. The predicted molar refractivity (Wildman–Crippen MR) is 61.3 cm³/mol. The largest absolute Gasteiger partial charge is 0.330 e. The van der Waals surface area contributed by atoms with Gasteiger partial charge in [0.2, 0.25) is 0 Å². The molecule has 1 aliphatic rings. The molecule has 2 N–H and O–H groups in total. The molecule has 1 aromatic rings. The van der Waals surface area contributed by atoms with Gasteiger partial charge in [-0.2, -0.15) is 0 Å². The molecule has 3 nitrogen and oxygen atoms in total. The van der Waals surface area contributed by atoms with Gasteiger partial charge in [-0.1, -0.05) is 0 Å². The standard InChI is InChI=1S/C12H19N3/c13-6-3-12-2-1-9-15(12)10-11-4-7-14-8-5-11/h4-5,7-8,12H,1-3,6,9-10,13H2. The van der Waals surface area contributed by atoms with E-state index in [4.69, 9.17) is 5.73 Å². The van der Waals surface area contributed by atoms with Gasteiger partial charge in [-0.05, 0) is 50.0 Å². The van der Waals surface area contributed by atoms with E-state index in [1.165, 1.54) is 24.9 Å². The Morgan fingerprint density at radius 2 is 2.20 bits per heavy atom. The number of nitrogens with zero attached hydrogens (tertiary/aromatic N) is 2. The van der Waals surface area contributed by atoms with E-state index in [9.17, 15) is 0 Å². The fraction of sp³-hybridized carbons (Fsp3) is 0.583. The molecule has 0 aromatic carbocycles. The zero-order valence-electron chi connectivity index (χ0n) is 9.10. The van der Waals surface area contributed by atoms with E-state index in [-0.39, 0.29) is 0 Å². The van der Waals surface area contributed by atoms with Gasteiger partial charge in [-0.25, -0.2) is 0 Å². The lowest BCUT2D eigenvalue weighted by Gasteiger charge is -2.23. The van der Waals surface area contributed by atoms with Crippen molar-refractivity contribution in [2.24, 2.45) is 5.73 Å². The molecule has 0 radical (unpaired) electrons. The molecule has 82 valence electrons. The summed E-state index contributed by atoms with van der Waals surface area (Å²) in [5, 5.41) is 0. The van der Waals surface area contributed by atoms with Crippen LogP contribution in [0, 0.1) is 0 Å². The zero-order valence-corrected chi connectivity index (χ0v) is 9.10. The average Bonchev–Trinajstić information content (AvgIpc) is 2.68. The molecule has 2 rings (SSSR count). The molecular formula is C12H19N3.